The average molecular weight is 284 g/mol. The summed E-state index contributed by atoms with van der Waals surface area (Å²) in [6.45, 7) is 1.79. The topological polar surface area (TPSA) is 85.5 Å². The molecule has 0 saturated heterocycles. The van der Waals surface area contributed by atoms with Gasteiger partial charge in [-0.2, -0.15) is 0 Å². The Bertz CT molecular complexity index is 822. The van der Waals surface area contributed by atoms with Crippen molar-refractivity contribution in [3.05, 3.63) is 41.7 Å². The third kappa shape index (κ3) is 2.20. The summed E-state index contributed by atoms with van der Waals surface area (Å²) in [6, 6.07) is 8.85. The van der Waals surface area contributed by atoms with E-state index in [4.69, 9.17) is 14.4 Å². The Balaban J connectivity index is 2.27. The van der Waals surface area contributed by atoms with E-state index < -0.39 is 5.97 Å². The van der Waals surface area contributed by atoms with Crippen LogP contribution in [-0.4, -0.2) is 28.3 Å². The second kappa shape index (κ2) is 4.90. The third-order valence-electron chi connectivity index (χ3n) is 3.24. The Labute approximate surface area is 120 Å². The molecule has 0 unspecified atom stereocenters. The molecule has 0 aliphatic heterocycles. The van der Waals surface area contributed by atoms with Crippen LogP contribution in [0.2, 0.25) is 0 Å². The monoisotopic (exact) mass is 284 g/mol. The Morgan fingerprint density at radius 3 is 2.62 bits per heavy atom. The molecule has 2 heterocycles. The van der Waals surface area contributed by atoms with E-state index in [1.807, 2.05) is 24.3 Å². The number of aromatic nitrogens is 2. The molecule has 6 nitrogen and oxygen atoms in total. The molecule has 0 amide bonds. The first-order valence-electron chi connectivity index (χ1n) is 6.25. The predicted molar refractivity (Wildman–Crippen MR) is 75.5 cm³/mol. The van der Waals surface area contributed by atoms with E-state index in [0.717, 1.165) is 16.9 Å². The number of ether oxygens (including phenoxy) is 1. The summed E-state index contributed by atoms with van der Waals surface area (Å²) in [5, 5.41) is 13.7. The maximum atomic E-state index is 11.2. The lowest BCUT2D eigenvalue weighted by molar-refractivity contribution is 0.0690. The zero-order valence-corrected chi connectivity index (χ0v) is 11.5. The van der Waals surface area contributed by atoms with E-state index in [9.17, 15) is 4.79 Å². The molecule has 0 aliphatic rings. The second-order valence-corrected chi connectivity index (χ2v) is 4.54. The van der Waals surface area contributed by atoms with Gasteiger partial charge in [-0.15, -0.1) is 0 Å². The summed E-state index contributed by atoms with van der Waals surface area (Å²) in [5.74, 6) is -0.384. The van der Waals surface area contributed by atoms with Crippen LogP contribution in [-0.2, 0) is 0 Å². The summed E-state index contributed by atoms with van der Waals surface area (Å²) >= 11 is 0. The van der Waals surface area contributed by atoms with Crippen LogP contribution in [0.15, 0.2) is 34.9 Å². The van der Waals surface area contributed by atoms with Crippen LogP contribution in [0, 0.1) is 6.92 Å². The lowest BCUT2D eigenvalue weighted by Crippen LogP contribution is -2.00. The van der Waals surface area contributed by atoms with Crippen LogP contribution in [0.25, 0.3) is 22.2 Å². The molecule has 21 heavy (non-hydrogen) atoms. The molecular formula is C15H12N2O4. The number of benzene rings is 1. The Hall–Kier alpha value is -2.89. The highest BCUT2D eigenvalue weighted by molar-refractivity contribution is 5.98. The van der Waals surface area contributed by atoms with E-state index in [-0.39, 0.29) is 11.4 Å². The van der Waals surface area contributed by atoms with Crippen molar-refractivity contribution in [3.8, 4) is 16.9 Å². The smallest absolute Gasteiger partial charge is 0.354 e. The molecule has 3 rings (SSSR count). The lowest BCUT2D eigenvalue weighted by atomic mass is 10.0. The number of hydrogen-bond acceptors (Lipinski definition) is 5. The van der Waals surface area contributed by atoms with Gasteiger partial charge in [0.25, 0.3) is 5.71 Å². The molecule has 106 valence electrons. The Kier molecular flexibility index (Phi) is 3.06. The van der Waals surface area contributed by atoms with Gasteiger partial charge in [0.15, 0.2) is 5.69 Å². The molecule has 6 heteroatoms. The number of carboxylic acids is 1. The molecule has 2 aromatic heterocycles. The Morgan fingerprint density at radius 2 is 2.00 bits per heavy atom. The minimum Gasteiger partial charge on any atom is -0.497 e. The van der Waals surface area contributed by atoms with Gasteiger partial charge in [-0.1, -0.05) is 17.3 Å². The quantitative estimate of drug-likeness (QED) is 0.796. The number of hydrogen-bond donors (Lipinski definition) is 1. The molecular weight excluding hydrogens is 272 g/mol. The molecule has 1 N–H and O–H groups in total. The van der Waals surface area contributed by atoms with Gasteiger partial charge in [-0.25, -0.2) is 9.78 Å². The molecule has 0 radical (unpaired) electrons. The SMILES string of the molecule is COc1ccc(-c2cc(C(=O)O)nc3onc(C)c23)cc1. The van der Waals surface area contributed by atoms with Gasteiger partial charge in [0.05, 0.1) is 18.2 Å². The summed E-state index contributed by atoms with van der Waals surface area (Å²) in [7, 11) is 1.59. The highest BCUT2D eigenvalue weighted by Gasteiger charge is 2.17. The number of aromatic carboxylic acids is 1. The van der Waals surface area contributed by atoms with E-state index in [2.05, 4.69) is 10.1 Å². The maximum Gasteiger partial charge on any atom is 0.354 e. The van der Waals surface area contributed by atoms with Crippen molar-refractivity contribution in [1.29, 1.82) is 0 Å². The minimum atomic E-state index is -1.11. The van der Waals surface area contributed by atoms with Crippen LogP contribution in [0.4, 0.5) is 0 Å². The van der Waals surface area contributed by atoms with Crippen molar-refractivity contribution in [1.82, 2.24) is 10.1 Å². The van der Waals surface area contributed by atoms with Crippen LogP contribution < -0.4 is 4.74 Å². The van der Waals surface area contributed by atoms with Gasteiger partial charge >= 0.3 is 5.97 Å². The number of rotatable bonds is 3. The molecule has 0 atom stereocenters. The van der Waals surface area contributed by atoms with Crippen molar-refractivity contribution in [2.75, 3.05) is 7.11 Å². The Morgan fingerprint density at radius 1 is 1.29 bits per heavy atom. The number of carbonyl (C=O) groups is 1. The van der Waals surface area contributed by atoms with E-state index in [1.54, 1.807) is 14.0 Å². The van der Waals surface area contributed by atoms with Crippen molar-refractivity contribution in [2.45, 2.75) is 6.92 Å². The predicted octanol–water partition coefficient (Wildman–Crippen LogP) is 2.91. The molecule has 0 fully saturated rings. The number of pyridine rings is 1. The number of aryl methyl sites for hydroxylation is 1. The van der Waals surface area contributed by atoms with Crippen molar-refractivity contribution in [2.24, 2.45) is 0 Å². The van der Waals surface area contributed by atoms with E-state index in [1.165, 1.54) is 6.07 Å². The second-order valence-electron chi connectivity index (χ2n) is 4.54. The molecule has 0 bridgehead atoms. The molecule has 1 aromatic carbocycles. The highest BCUT2D eigenvalue weighted by Crippen LogP contribution is 2.31. The van der Waals surface area contributed by atoms with Crippen LogP contribution in [0.1, 0.15) is 16.2 Å². The fraction of sp³-hybridized carbons (Fsp3) is 0.133. The number of nitrogens with zero attached hydrogens (tertiary/aromatic N) is 2. The number of carboxylic acid groups (broad SMARTS) is 1. The maximum absolute atomic E-state index is 11.2. The van der Waals surface area contributed by atoms with Gasteiger partial charge in [0.1, 0.15) is 5.75 Å². The highest BCUT2D eigenvalue weighted by atomic mass is 16.5. The standard InChI is InChI=1S/C15H12N2O4/c1-8-13-11(9-3-5-10(20-2)6-4-9)7-12(15(18)19)16-14(13)21-17-8/h3-7H,1-2H3,(H,18,19). The van der Waals surface area contributed by atoms with Crippen molar-refractivity contribution >= 4 is 17.1 Å². The van der Waals surface area contributed by atoms with Gasteiger partial charge in [0.2, 0.25) is 0 Å². The van der Waals surface area contributed by atoms with E-state index >= 15 is 0 Å². The largest absolute Gasteiger partial charge is 0.497 e. The first-order chi connectivity index (χ1) is 10.1. The minimum absolute atomic E-state index is 0.0792. The molecule has 0 saturated carbocycles. The normalized spacial score (nSPS) is 10.8. The van der Waals surface area contributed by atoms with Gasteiger partial charge < -0.3 is 14.4 Å². The summed E-state index contributed by atoms with van der Waals surface area (Å²) < 4.78 is 10.2. The van der Waals surface area contributed by atoms with Gasteiger partial charge in [-0.05, 0) is 36.2 Å². The zero-order chi connectivity index (χ0) is 15.0. The average Bonchev–Trinajstić information content (AvgIpc) is 2.88. The molecule has 0 aliphatic carbocycles. The lowest BCUT2D eigenvalue weighted by Gasteiger charge is -2.06. The first kappa shape index (κ1) is 13.1. The van der Waals surface area contributed by atoms with Gasteiger partial charge in [0, 0.05) is 0 Å². The van der Waals surface area contributed by atoms with Crippen molar-refractivity contribution in [3.63, 3.8) is 0 Å². The summed E-state index contributed by atoms with van der Waals surface area (Å²) in [4.78, 5) is 15.2. The molecule has 3 aromatic rings. The number of methoxy groups -OCH3 is 1. The molecule has 0 spiro atoms. The van der Waals surface area contributed by atoms with Crippen LogP contribution >= 0.6 is 0 Å². The third-order valence-corrected chi connectivity index (χ3v) is 3.24. The van der Waals surface area contributed by atoms with Crippen LogP contribution in [0.5, 0.6) is 5.75 Å². The summed E-state index contributed by atoms with van der Waals surface area (Å²) in [6.07, 6.45) is 0. The fourth-order valence-corrected chi connectivity index (χ4v) is 2.20. The fourth-order valence-electron chi connectivity index (χ4n) is 2.20. The summed E-state index contributed by atoms with van der Waals surface area (Å²) in [5.41, 5.74) is 2.37. The van der Waals surface area contributed by atoms with Crippen molar-refractivity contribution < 1.29 is 19.2 Å². The van der Waals surface area contributed by atoms with Gasteiger partial charge in [-0.3, -0.25) is 0 Å². The zero-order valence-electron chi connectivity index (χ0n) is 11.5. The first-order valence-corrected chi connectivity index (χ1v) is 6.25. The number of fused-ring (bicyclic) bond motifs is 1. The van der Waals surface area contributed by atoms with E-state index in [0.29, 0.717) is 11.1 Å². The van der Waals surface area contributed by atoms with Crippen LogP contribution in [0.3, 0.4) is 0 Å².